The molecule has 3 aromatic rings. The Balaban J connectivity index is 2.13. The van der Waals surface area contributed by atoms with Crippen molar-refractivity contribution < 1.29 is 9.47 Å². The van der Waals surface area contributed by atoms with E-state index in [2.05, 4.69) is 15.9 Å². The SMILES string of the molecule is COc1cc(Br)c(Cn2c(=O)n(C)c3ccccc32)cc1OC. The Morgan fingerprint density at radius 1 is 1.04 bits per heavy atom. The summed E-state index contributed by atoms with van der Waals surface area (Å²) in [5.74, 6) is 1.28. The zero-order valence-electron chi connectivity index (χ0n) is 13.2. The quantitative estimate of drug-likeness (QED) is 0.702. The van der Waals surface area contributed by atoms with Gasteiger partial charge < -0.3 is 9.47 Å². The molecule has 0 fully saturated rings. The van der Waals surface area contributed by atoms with E-state index in [0.717, 1.165) is 21.1 Å². The molecular weight excluding hydrogens is 360 g/mol. The number of ether oxygens (including phenoxy) is 2. The minimum absolute atomic E-state index is 0.0483. The highest BCUT2D eigenvalue weighted by atomic mass is 79.9. The first-order chi connectivity index (χ1) is 11.1. The lowest BCUT2D eigenvalue weighted by molar-refractivity contribution is 0.354. The number of hydrogen-bond acceptors (Lipinski definition) is 3. The molecule has 1 heterocycles. The third-order valence-electron chi connectivity index (χ3n) is 3.93. The van der Waals surface area contributed by atoms with E-state index in [4.69, 9.17) is 9.47 Å². The van der Waals surface area contributed by atoms with Gasteiger partial charge >= 0.3 is 5.69 Å². The maximum atomic E-state index is 12.5. The summed E-state index contributed by atoms with van der Waals surface area (Å²) in [4.78, 5) is 12.5. The average molecular weight is 377 g/mol. The summed E-state index contributed by atoms with van der Waals surface area (Å²) >= 11 is 3.55. The number of methoxy groups -OCH3 is 2. The van der Waals surface area contributed by atoms with E-state index in [1.807, 2.05) is 36.4 Å². The lowest BCUT2D eigenvalue weighted by Crippen LogP contribution is -2.22. The van der Waals surface area contributed by atoms with Crippen LogP contribution in [0.5, 0.6) is 11.5 Å². The molecule has 0 aliphatic rings. The summed E-state index contributed by atoms with van der Waals surface area (Å²) < 4.78 is 14.9. The van der Waals surface area contributed by atoms with Crippen LogP contribution in [0.4, 0.5) is 0 Å². The van der Waals surface area contributed by atoms with Gasteiger partial charge in [0.05, 0.1) is 31.8 Å². The Labute approximate surface area is 142 Å². The number of benzene rings is 2. The zero-order chi connectivity index (χ0) is 16.6. The van der Waals surface area contributed by atoms with Crippen LogP contribution in [0.1, 0.15) is 5.56 Å². The van der Waals surface area contributed by atoms with Gasteiger partial charge in [-0.2, -0.15) is 0 Å². The molecule has 1 aromatic heterocycles. The van der Waals surface area contributed by atoms with E-state index >= 15 is 0 Å². The number of halogens is 1. The molecule has 0 aliphatic heterocycles. The van der Waals surface area contributed by atoms with Crippen LogP contribution < -0.4 is 15.2 Å². The molecule has 0 unspecified atom stereocenters. The highest BCUT2D eigenvalue weighted by molar-refractivity contribution is 9.10. The molecule has 0 atom stereocenters. The lowest BCUT2D eigenvalue weighted by atomic mass is 10.2. The second-order valence-corrected chi connectivity index (χ2v) is 6.07. The number of para-hydroxylation sites is 2. The third-order valence-corrected chi connectivity index (χ3v) is 4.67. The smallest absolute Gasteiger partial charge is 0.329 e. The number of aromatic nitrogens is 2. The summed E-state index contributed by atoms with van der Waals surface area (Å²) in [6, 6.07) is 11.5. The van der Waals surface area contributed by atoms with Crippen LogP contribution in [-0.4, -0.2) is 23.4 Å². The molecule has 5 nitrogen and oxygen atoms in total. The molecule has 6 heteroatoms. The van der Waals surface area contributed by atoms with Crippen LogP contribution in [-0.2, 0) is 13.6 Å². The molecule has 120 valence electrons. The van der Waals surface area contributed by atoms with Gasteiger partial charge in [-0.25, -0.2) is 4.79 Å². The number of hydrogen-bond donors (Lipinski definition) is 0. The fraction of sp³-hybridized carbons (Fsp3) is 0.235. The molecule has 0 N–H and O–H groups in total. The number of nitrogens with zero attached hydrogens (tertiary/aromatic N) is 2. The Bertz CT molecular complexity index is 927. The van der Waals surface area contributed by atoms with Crippen LogP contribution in [0.25, 0.3) is 11.0 Å². The van der Waals surface area contributed by atoms with Crippen molar-refractivity contribution in [3.05, 3.63) is 56.9 Å². The number of imidazole rings is 1. The number of aryl methyl sites for hydroxylation is 1. The first-order valence-corrected chi connectivity index (χ1v) is 7.90. The zero-order valence-corrected chi connectivity index (χ0v) is 14.8. The highest BCUT2D eigenvalue weighted by Gasteiger charge is 2.14. The normalized spacial score (nSPS) is 11.0. The maximum Gasteiger partial charge on any atom is 0.329 e. The molecule has 23 heavy (non-hydrogen) atoms. The van der Waals surface area contributed by atoms with Crippen molar-refractivity contribution in [1.29, 1.82) is 0 Å². The number of fused-ring (bicyclic) bond motifs is 1. The summed E-state index contributed by atoms with van der Waals surface area (Å²) in [6.07, 6.45) is 0. The van der Waals surface area contributed by atoms with E-state index in [1.54, 1.807) is 30.4 Å². The largest absolute Gasteiger partial charge is 0.493 e. The fourth-order valence-corrected chi connectivity index (χ4v) is 3.15. The first kappa shape index (κ1) is 15.7. The van der Waals surface area contributed by atoms with Crippen molar-refractivity contribution in [2.45, 2.75) is 6.54 Å². The fourth-order valence-electron chi connectivity index (χ4n) is 2.70. The Morgan fingerprint density at radius 3 is 2.30 bits per heavy atom. The van der Waals surface area contributed by atoms with Crippen molar-refractivity contribution in [2.75, 3.05) is 14.2 Å². The summed E-state index contributed by atoms with van der Waals surface area (Å²) in [5.41, 5.74) is 2.71. The van der Waals surface area contributed by atoms with Gasteiger partial charge in [-0.3, -0.25) is 9.13 Å². The molecule has 2 aromatic carbocycles. The second-order valence-electron chi connectivity index (χ2n) is 5.22. The molecule has 0 bridgehead atoms. The molecule has 0 spiro atoms. The van der Waals surface area contributed by atoms with E-state index in [9.17, 15) is 4.79 Å². The van der Waals surface area contributed by atoms with Gasteiger partial charge in [-0.05, 0) is 29.8 Å². The highest BCUT2D eigenvalue weighted by Crippen LogP contribution is 2.33. The molecule has 0 saturated heterocycles. The van der Waals surface area contributed by atoms with Crippen molar-refractivity contribution in [3.63, 3.8) is 0 Å². The molecular formula is C17H17BrN2O3. The first-order valence-electron chi connectivity index (χ1n) is 7.11. The van der Waals surface area contributed by atoms with Crippen LogP contribution in [0.2, 0.25) is 0 Å². The van der Waals surface area contributed by atoms with E-state index in [1.165, 1.54) is 0 Å². The Morgan fingerprint density at radius 2 is 1.65 bits per heavy atom. The van der Waals surface area contributed by atoms with Gasteiger partial charge in [0.25, 0.3) is 0 Å². The molecule has 0 aliphatic carbocycles. The second kappa shape index (κ2) is 6.12. The van der Waals surface area contributed by atoms with Gasteiger partial charge in [0, 0.05) is 11.5 Å². The molecule has 0 saturated carbocycles. The Kier molecular flexibility index (Phi) is 4.17. The summed E-state index contributed by atoms with van der Waals surface area (Å²) in [7, 11) is 4.98. The average Bonchev–Trinajstić information content (AvgIpc) is 2.81. The van der Waals surface area contributed by atoms with E-state index < -0.39 is 0 Å². The molecule has 3 rings (SSSR count). The van der Waals surface area contributed by atoms with E-state index in [-0.39, 0.29) is 5.69 Å². The Hall–Kier alpha value is -2.21. The van der Waals surface area contributed by atoms with Crippen molar-refractivity contribution in [1.82, 2.24) is 9.13 Å². The van der Waals surface area contributed by atoms with Gasteiger partial charge in [0.15, 0.2) is 11.5 Å². The van der Waals surface area contributed by atoms with Crippen molar-refractivity contribution >= 4 is 27.0 Å². The van der Waals surface area contributed by atoms with Crippen LogP contribution in [0.15, 0.2) is 45.7 Å². The van der Waals surface area contributed by atoms with E-state index in [0.29, 0.717) is 18.0 Å². The van der Waals surface area contributed by atoms with Crippen LogP contribution in [0.3, 0.4) is 0 Å². The summed E-state index contributed by atoms with van der Waals surface area (Å²) in [6.45, 7) is 0.446. The van der Waals surface area contributed by atoms with Crippen molar-refractivity contribution in [2.24, 2.45) is 7.05 Å². The van der Waals surface area contributed by atoms with Crippen molar-refractivity contribution in [3.8, 4) is 11.5 Å². The van der Waals surface area contributed by atoms with Gasteiger partial charge in [-0.15, -0.1) is 0 Å². The minimum Gasteiger partial charge on any atom is -0.493 e. The van der Waals surface area contributed by atoms with Gasteiger partial charge in [0.1, 0.15) is 0 Å². The molecule has 0 amide bonds. The van der Waals surface area contributed by atoms with Gasteiger partial charge in [-0.1, -0.05) is 28.1 Å². The third kappa shape index (κ3) is 2.63. The predicted octanol–water partition coefficient (Wildman–Crippen LogP) is 3.17. The monoisotopic (exact) mass is 376 g/mol. The molecule has 0 radical (unpaired) electrons. The summed E-state index contributed by atoms with van der Waals surface area (Å²) in [5, 5.41) is 0. The lowest BCUT2D eigenvalue weighted by Gasteiger charge is -2.12. The minimum atomic E-state index is -0.0483. The van der Waals surface area contributed by atoms with Gasteiger partial charge in [0.2, 0.25) is 0 Å². The topological polar surface area (TPSA) is 45.4 Å². The standard InChI is InChI=1S/C17H17BrN2O3/c1-19-13-6-4-5-7-14(13)20(17(19)21)10-11-8-15(22-2)16(23-3)9-12(11)18/h4-9H,10H2,1-3H3. The number of rotatable bonds is 4. The predicted molar refractivity (Wildman–Crippen MR) is 93.5 cm³/mol. The maximum absolute atomic E-state index is 12.5. The van der Waals surface area contributed by atoms with Crippen LogP contribution >= 0.6 is 15.9 Å². The van der Waals surface area contributed by atoms with Crippen LogP contribution in [0, 0.1) is 0 Å².